The van der Waals surface area contributed by atoms with Crippen LogP contribution in [0.15, 0.2) is 53.9 Å². The predicted octanol–water partition coefficient (Wildman–Crippen LogP) is 2.83. The summed E-state index contributed by atoms with van der Waals surface area (Å²) in [7, 11) is 1.93. The summed E-state index contributed by atoms with van der Waals surface area (Å²) in [5.74, 6) is 2.36. The van der Waals surface area contributed by atoms with Crippen molar-refractivity contribution < 1.29 is 18.8 Å². The minimum absolute atomic E-state index is 0. The van der Waals surface area contributed by atoms with Crippen LogP contribution in [0.25, 0.3) is 11.3 Å². The molecular formula is C35H39Cl2FN10O3. The fourth-order valence-corrected chi connectivity index (χ4v) is 7.05. The van der Waals surface area contributed by atoms with Crippen molar-refractivity contribution >= 4 is 53.1 Å². The van der Waals surface area contributed by atoms with E-state index in [0.717, 1.165) is 107 Å². The number of benzene rings is 1. The summed E-state index contributed by atoms with van der Waals surface area (Å²) in [6.07, 6.45) is 7.22. The molecule has 5 aliphatic heterocycles. The smallest absolute Gasteiger partial charge is 0.230 e. The minimum Gasteiger partial charge on any atom is -0.365 e. The molecule has 3 aromatic rings. The largest absolute Gasteiger partial charge is 0.365 e. The van der Waals surface area contributed by atoms with Crippen molar-refractivity contribution in [2.24, 2.45) is 0 Å². The van der Waals surface area contributed by atoms with Gasteiger partial charge in [-0.05, 0) is 38.1 Å². The third-order valence-electron chi connectivity index (χ3n) is 9.79. The van der Waals surface area contributed by atoms with Gasteiger partial charge in [0.25, 0.3) is 0 Å². The number of fused-ring (bicyclic) bond motifs is 1. The number of carbonyl (C=O) groups excluding carboxylic acids is 3. The molecular weight excluding hydrogens is 698 g/mol. The van der Waals surface area contributed by atoms with E-state index in [1.165, 1.54) is 18.5 Å². The summed E-state index contributed by atoms with van der Waals surface area (Å²) in [4.78, 5) is 58.1. The molecule has 4 fully saturated rings. The van der Waals surface area contributed by atoms with E-state index in [-0.39, 0.29) is 40.8 Å². The summed E-state index contributed by atoms with van der Waals surface area (Å²) < 4.78 is 15.8. The SMILES string of the molecule is CNCCn1cc(-c2ccc(F)c(Cl)c2)nc1C1CCN(c2ncnc3c2CC(=O)N3)CC1.Cl.O=C1C=C(N2CC2)C(=O)C(N2CC2)=C1N1CC1. The molecule has 13 nitrogen and oxygen atoms in total. The van der Waals surface area contributed by atoms with Crippen LogP contribution in [0.1, 0.15) is 30.1 Å². The van der Waals surface area contributed by atoms with Crippen LogP contribution in [-0.4, -0.2) is 118 Å². The molecule has 6 aliphatic rings. The van der Waals surface area contributed by atoms with Crippen LogP contribution in [0, 0.1) is 5.82 Å². The molecule has 1 amide bonds. The average molecular weight is 738 g/mol. The highest BCUT2D eigenvalue weighted by Gasteiger charge is 2.43. The molecule has 0 atom stereocenters. The van der Waals surface area contributed by atoms with Crippen LogP contribution >= 0.6 is 24.0 Å². The van der Waals surface area contributed by atoms with Crippen molar-refractivity contribution in [3.05, 3.63) is 76.1 Å². The fraction of sp³-hybridized carbons (Fsp3) is 0.429. The van der Waals surface area contributed by atoms with Crippen LogP contribution in [-0.2, 0) is 27.3 Å². The molecule has 0 unspecified atom stereocenters. The number of amides is 1. The van der Waals surface area contributed by atoms with Crippen LogP contribution in [0.4, 0.5) is 16.0 Å². The normalized spacial score (nSPS) is 19.4. The van der Waals surface area contributed by atoms with Gasteiger partial charge in [0, 0.05) is 94.8 Å². The Labute approximate surface area is 305 Å². The first-order valence-electron chi connectivity index (χ1n) is 17.1. The molecule has 51 heavy (non-hydrogen) atoms. The second-order valence-electron chi connectivity index (χ2n) is 13.3. The van der Waals surface area contributed by atoms with Crippen molar-refractivity contribution in [3.63, 3.8) is 0 Å². The Morgan fingerprint density at radius 1 is 0.941 bits per heavy atom. The number of nitrogens with one attached hydrogen (secondary N) is 2. The maximum atomic E-state index is 13.6. The molecule has 4 saturated heterocycles. The second kappa shape index (κ2) is 14.2. The number of likely N-dealkylation sites (N-methyl/N-ethyl adjacent to an activating group) is 1. The molecule has 0 spiro atoms. The van der Waals surface area contributed by atoms with E-state index in [4.69, 9.17) is 16.6 Å². The number of rotatable bonds is 9. The van der Waals surface area contributed by atoms with E-state index >= 15 is 0 Å². The second-order valence-corrected chi connectivity index (χ2v) is 13.7. The van der Waals surface area contributed by atoms with Crippen molar-refractivity contribution in [2.45, 2.75) is 31.7 Å². The van der Waals surface area contributed by atoms with Crippen LogP contribution < -0.4 is 15.5 Å². The molecule has 16 heteroatoms. The summed E-state index contributed by atoms with van der Waals surface area (Å²) >= 11 is 6.01. The number of halogens is 3. The fourth-order valence-electron chi connectivity index (χ4n) is 6.87. The molecule has 2 N–H and O–H groups in total. The number of piperidine rings is 1. The van der Waals surface area contributed by atoms with Gasteiger partial charge in [-0.3, -0.25) is 14.4 Å². The highest BCUT2D eigenvalue weighted by atomic mass is 35.5. The first-order valence-corrected chi connectivity index (χ1v) is 17.5. The standard InChI is InChI=1S/C23H25ClFN7O.C12H13N3O2.ClH/c1-26-6-9-32-12-19(15-2-3-18(25)17(24)10-15)29-22(32)14-4-7-31(8-5-14)23-16-11-20(33)30-21(16)27-13-28-23;16-9-7-8(13-1-2-13)12(17)11(15-5-6-15)10(9)14-3-4-14;/h2-3,10,12-14,26H,4-9,11H2,1H3,(H,27,28,30,33);7H,1-6H2;1H. The zero-order valence-electron chi connectivity index (χ0n) is 28.2. The van der Waals surface area contributed by atoms with Gasteiger partial charge in [-0.15, -0.1) is 12.4 Å². The Balaban J connectivity index is 0.000000188. The van der Waals surface area contributed by atoms with Crippen LogP contribution in [0.3, 0.4) is 0 Å². The number of hydrogen-bond donors (Lipinski definition) is 2. The van der Waals surface area contributed by atoms with Gasteiger partial charge in [-0.2, -0.15) is 0 Å². The highest BCUT2D eigenvalue weighted by molar-refractivity contribution is 6.31. The molecule has 1 aliphatic carbocycles. The van der Waals surface area contributed by atoms with Gasteiger partial charge in [-0.1, -0.05) is 11.6 Å². The summed E-state index contributed by atoms with van der Waals surface area (Å²) in [6, 6.07) is 4.71. The maximum Gasteiger partial charge on any atom is 0.230 e. The Hall–Kier alpha value is -4.53. The number of allylic oxidation sites excluding steroid dienone is 1. The lowest BCUT2D eigenvalue weighted by Gasteiger charge is -2.33. The van der Waals surface area contributed by atoms with Crippen molar-refractivity contribution in [2.75, 3.05) is 76.2 Å². The van der Waals surface area contributed by atoms with Gasteiger partial charge in [0.05, 0.1) is 22.8 Å². The first-order chi connectivity index (χ1) is 24.3. The van der Waals surface area contributed by atoms with Crippen molar-refractivity contribution in [1.29, 1.82) is 0 Å². The molecule has 268 valence electrons. The van der Waals surface area contributed by atoms with Gasteiger partial charge < -0.3 is 34.8 Å². The highest BCUT2D eigenvalue weighted by Crippen LogP contribution is 2.36. The van der Waals surface area contributed by atoms with Crippen molar-refractivity contribution in [3.8, 4) is 11.3 Å². The van der Waals surface area contributed by atoms with E-state index in [9.17, 15) is 18.8 Å². The van der Waals surface area contributed by atoms with Gasteiger partial charge in [0.1, 0.15) is 41.0 Å². The van der Waals surface area contributed by atoms with Gasteiger partial charge in [-0.25, -0.2) is 19.3 Å². The van der Waals surface area contributed by atoms with E-state index in [0.29, 0.717) is 29.3 Å². The maximum absolute atomic E-state index is 13.6. The summed E-state index contributed by atoms with van der Waals surface area (Å²) in [5.41, 5.74) is 4.37. The Morgan fingerprint density at radius 2 is 1.65 bits per heavy atom. The lowest BCUT2D eigenvalue weighted by atomic mass is 9.95. The first kappa shape index (κ1) is 34.9. The molecule has 7 heterocycles. The number of hydrogen-bond acceptors (Lipinski definition) is 11. The molecule has 0 bridgehead atoms. The van der Waals surface area contributed by atoms with Crippen LogP contribution in [0.2, 0.25) is 5.02 Å². The zero-order valence-corrected chi connectivity index (χ0v) is 29.8. The minimum atomic E-state index is -0.435. The van der Waals surface area contributed by atoms with Gasteiger partial charge >= 0.3 is 0 Å². The third kappa shape index (κ3) is 7.17. The summed E-state index contributed by atoms with van der Waals surface area (Å²) in [6.45, 7) is 8.66. The Morgan fingerprint density at radius 3 is 2.31 bits per heavy atom. The number of anilines is 2. The monoisotopic (exact) mass is 736 g/mol. The van der Waals surface area contributed by atoms with E-state index in [2.05, 4.69) is 30.1 Å². The van der Waals surface area contributed by atoms with Gasteiger partial charge in [0.2, 0.25) is 17.5 Å². The average Bonchev–Trinajstić information content (AvgIpc) is 4.00. The zero-order chi connectivity index (χ0) is 34.5. The molecule has 0 saturated carbocycles. The quantitative estimate of drug-likeness (QED) is 0.249. The third-order valence-corrected chi connectivity index (χ3v) is 10.1. The Bertz CT molecular complexity index is 1940. The van der Waals surface area contributed by atoms with E-state index < -0.39 is 5.82 Å². The Kier molecular flexibility index (Phi) is 9.74. The number of carbonyl (C=O) groups is 3. The number of imidazole rings is 1. The lowest BCUT2D eigenvalue weighted by molar-refractivity contribution is -0.117. The van der Waals surface area contributed by atoms with E-state index in [1.54, 1.807) is 12.1 Å². The molecule has 1 aromatic carbocycles. The van der Waals surface area contributed by atoms with Gasteiger partial charge in [0.15, 0.2) is 0 Å². The molecule has 0 radical (unpaired) electrons. The topological polar surface area (TPSA) is 131 Å². The molecule has 2 aromatic heterocycles. The number of Topliss-reactive ketones (excluding diaryl/α,β-unsaturated/α-hetero) is 1. The molecule has 9 rings (SSSR count). The summed E-state index contributed by atoms with van der Waals surface area (Å²) in [5, 5.41) is 6.08. The van der Waals surface area contributed by atoms with Crippen LogP contribution in [0.5, 0.6) is 0 Å². The predicted molar refractivity (Wildman–Crippen MR) is 192 cm³/mol. The van der Waals surface area contributed by atoms with Crippen molar-refractivity contribution in [1.82, 2.24) is 39.5 Å². The number of ketones is 2. The number of aromatic nitrogens is 4. The number of nitrogens with zero attached hydrogens (tertiary/aromatic N) is 8. The lowest BCUT2D eigenvalue weighted by Crippen LogP contribution is -2.35. The van der Waals surface area contributed by atoms with E-state index in [1.807, 2.05) is 27.9 Å².